The lowest BCUT2D eigenvalue weighted by molar-refractivity contribution is -0.146. The van der Waals surface area contributed by atoms with Gasteiger partial charge in [0.1, 0.15) is 0 Å². The quantitative estimate of drug-likeness (QED) is 0.528. The van der Waals surface area contributed by atoms with E-state index in [4.69, 9.17) is 10.2 Å². The number of hydrogen-bond donors (Lipinski definition) is 3. The lowest BCUT2D eigenvalue weighted by Gasteiger charge is -2.34. The van der Waals surface area contributed by atoms with Crippen molar-refractivity contribution in [1.29, 1.82) is 0 Å². The Hall–Kier alpha value is -0.610. The summed E-state index contributed by atoms with van der Waals surface area (Å²) in [5, 5.41) is 20.6. The van der Waals surface area contributed by atoms with Crippen LogP contribution in [0.5, 0.6) is 0 Å². The molecule has 0 amide bonds. The van der Waals surface area contributed by atoms with Gasteiger partial charge in [0.15, 0.2) is 0 Å². The summed E-state index contributed by atoms with van der Waals surface area (Å²) in [6, 6.07) is 0.182. The molecule has 0 bridgehead atoms. The first-order valence-electron chi connectivity index (χ1n) is 5.32. The first kappa shape index (κ1) is 11.5. The third kappa shape index (κ3) is 3.27. The van der Waals surface area contributed by atoms with Crippen LogP contribution in [-0.2, 0) is 4.79 Å². The number of rotatable bonds is 7. The van der Waals surface area contributed by atoms with Crippen molar-refractivity contribution in [3.63, 3.8) is 0 Å². The molecule has 14 heavy (non-hydrogen) atoms. The predicted octanol–water partition coefficient (Wildman–Crippen LogP) is 0.602. The van der Waals surface area contributed by atoms with Crippen molar-refractivity contribution in [1.82, 2.24) is 5.32 Å². The molecule has 0 spiro atoms. The zero-order chi connectivity index (χ0) is 10.4. The van der Waals surface area contributed by atoms with Gasteiger partial charge in [0.05, 0.1) is 5.92 Å². The molecule has 1 aliphatic rings. The van der Waals surface area contributed by atoms with E-state index in [2.05, 4.69) is 5.32 Å². The molecule has 1 aliphatic carbocycles. The van der Waals surface area contributed by atoms with Crippen LogP contribution in [0.4, 0.5) is 0 Å². The third-order valence-electron chi connectivity index (χ3n) is 2.83. The molecule has 0 aliphatic heterocycles. The summed E-state index contributed by atoms with van der Waals surface area (Å²) in [5.41, 5.74) is 0. The number of nitrogens with one attached hydrogen (secondary N) is 1. The maximum atomic E-state index is 10.7. The molecule has 82 valence electrons. The van der Waals surface area contributed by atoms with E-state index in [1.807, 2.05) is 0 Å². The molecule has 0 aromatic heterocycles. The maximum absolute atomic E-state index is 10.7. The molecule has 0 aromatic rings. The van der Waals surface area contributed by atoms with Gasteiger partial charge in [-0.15, -0.1) is 0 Å². The van der Waals surface area contributed by atoms with Crippen LogP contribution in [0.1, 0.15) is 32.1 Å². The fourth-order valence-corrected chi connectivity index (χ4v) is 1.74. The minimum Gasteiger partial charge on any atom is -0.481 e. The number of aliphatic carboxylic acids is 1. The van der Waals surface area contributed by atoms with Gasteiger partial charge in [0.2, 0.25) is 0 Å². The van der Waals surface area contributed by atoms with E-state index in [0.717, 1.165) is 38.6 Å². The number of aliphatic hydroxyl groups is 1. The van der Waals surface area contributed by atoms with Crippen LogP contribution in [0.3, 0.4) is 0 Å². The van der Waals surface area contributed by atoms with Gasteiger partial charge >= 0.3 is 5.97 Å². The van der Waals surface area contributed by atoms with Crippen molar-refractivity contribution in [2.45, 2.75) is 38.1 Å². The van der Waals surface area contributed by atoms with Gasteiger partial charge in [-0.25, -0.2) is 0 Å². The van der Waals surface area contributed by atoms with Crippen LogP contribution < -0.4 is 5.32 Å². The molecule has 2 unspecified atom stereocenters. The number of carboxylic acids is 1. The Morgan fingerprint density at radius 2 is 2.07 bits per heavy atom. The Labute approximate surface area is 84.3 Å². The van der Waals surface area contributed by atoms with Crippen molar-refractivity contribution < 1.29 is 15.0 Å². The number of carbonyl (C=O) groups is 1. The zero-order valence-corrected chi connectivity index (χ0v) is 8.41. The smallest absolute Gasteiger partial charge is 0.308 e. The summed E-state index contributed by atoms with van der Waals surface area (Å²) in [7, 11) is 0. The second-order valence-corrected chi connectivity index (χ2v) is 3.87. The highest BCUT2D eigenvalue weighted by atomic mass is 16.4. The van der Waals surface area contributed by atoms with E-state index >= 15 is 0 Å². The fourth-order valence-electron chi connectivity index (χ4n) is 1.74. The average molecular weight is 201 g/mol. The minimum atomic E-state index is -0.677. The van der Waals surface area contributed by atoms with Crippen LogP contribution in [0, 0.1) is 5.92 Å². The number of unbranched alkanes of at least 4 members (excludes halogenated alkanes) is 2. The lowest BCUT2D eigenvalue weighted by Crippen LogP contribution is -2.47. The molecule has 1 fully saturated rings. The maximum Gasteiger partial charge on any atom is 0.308 e. The Morgan fingerprint density at radius 3 is 2.57 bits per heavy atom. The van der Waals surface area contributed by atoms with Gasteiger partial charge in [0.25, 0.3) is 0 Å². The Balaban J connectivity index is 1.99. The van der Waals surface area contributed by atoms with E-state index in [0.29, 0.717) is 0 Å². The fraction of sp³-hybridized carbons (Fsp3) is 0.900. The highest BCUT2D eigenvalue weighted by Crippen LogP contribution is 2.27. The van der Waals surface area contributed by atoms with Gasteiger partial charge < -0.3 is 15.5 Å². The largest absolute Gasteiger partial charge is 0.481 e. The molecule has 0 saturated heterocycles. The van der Waals surface area contributed by atoms with E-state index in [9.17, 15) is 4.79 Å². The van der Waals surface area contributed by atoms with Crippen LogP contribution in [0.2, 0.25) is 0 Å². The van der Waals surface area contributed by atoms with Crippen molar-refractivity contribution >= 4 is 5.97 Å². The Morgan fingerprint density at radius 1 is 1.29 bits per heavy atom. The second-order valence-electron chi connectivity index (χ2n) is 3.87. The molecule has 4 nitrogen and oxygen atoms in total. The normalized spacial score (nSPS) is 25.8. The molecule has 4 heteroatoms. The van der Waals surface area contributed by atoms with E-state index in [1.165, 1.54) is 0 Å². The highest BCUT2D eigenvalue weighted by Gasteiger charge is 2.35. The van der Waals surface area contributed by atoms with Crippen molar-refractivity contribution in [3.8, 4) is 0 Å². The summed E-state index contributed by atoms with van der Waals surface area (Å²) < 4.78 is 0. The molecule has 0 aromatic carbocycles. The van der Waals surface area contributed by atoms with Crippen molar-refractivity contribution in [2.24, 2.45) is 5.92 Å². The number of aliphatic hydroxyl groups excluding tert-OH is 1. The highest BCUT2D eigenvalue weighted by molar-refractivity contribution is 5.72. The first-order chi connectivity index (χ1) is 6.75. The van der Waals surface area contributed by atoms with Gasteiger partial charge in [-0.05, 0) is 38.6 Å². The Kier molecular flexibility index (Phi) is 4.90. The number of hydrogen-bond acceptors (Lipinski definition) is 3. The minimum absolute atomic E-state index is 0.173. The van der Waals surface area contributed by atoms with Gasteiger partial charge in [-0.2, -0.15) is 0 Å². The lowest BCUT2D eigenvalue weighted by atomic mass is 9.79. The van der Waals surface area contributed by atoms with Gasteiger partial charge in [0, 0.05) is 12.6 Å². The molecule has 3 N–H and O–H groups in total. The molecule has 2 atom stereocenters. The summed E-state index contributed by atoms with van der Waals surface area (Å²) in [6.07, 6.45) is 4.66. The SMILES string of the molecule is O=C(O)C1CCC1NCCCCCO. The van der Waals surface area contributed by atoms with Crippen LogP contribution in [0.15, 0.2) is 0 Å². The topological polar surface area (TPSA) is 69.6 Å². The standard InChI is InChI=1S/C10H19NO3/c12-7-3-1-2-6-11-9-5-4-8(9)10(13)14/h8-9,11-12H,1-7H2,(H,13,14). The van der Waals surface area contributed by atoms with E-state index in [-0.39, 0.29) is 18.6 Å². The van der Waals surface area contributed by atoms with E-state index < -0.39 is 5.97 Å². The van der Waals surface area contributed by atoms with Crippen molar-refractivity contribution in [3.05, 3.63) is 0 Å². The summed E-state index contributed by atoms with van der Waals surface area (Å²) in [4.78, 5) is 10.7. The molecule has 0 heterocycles. The van der Waals surface area contributed by atoms with Crippen molar-refractivity contribution in [2.75, 3.05) is 13.2 Å². The summed E-state index contributed by atoms with van der Waals surface area (Å²) in [5.74, 6) is -0.850. The zero-order valence-electron chi connectivity index (χ0n) is 8.41. The second kappa shape index (κ2) is 5.98. The van der Waals surface area contributed by atoms with Crippen LogP contribution >= 0.6 is 0 Å². The van der Waals surface area contributed by atoms with E-state index in [1.54, 1.807) is 0 Å². The van der Waals surface area contributed by atoms with Gasteiger partial charge in [-0.3, -0.25) is 4.79 Å². The van der Waals surface area contributed by atoms with Crippen LogP contribution in [0.25, 0.3) is 0 Å². The predicted molar refractivity (Wildman–Crippen MR) is 53.1 cm³/mol. The summed E-state index contributed by atoms with van der Waals surface area (Å²) >= 11 is 0. The molecule has 0 radical (unpaired) electrons. The first-order valence-corrected chi connectivity index (χ1v) is 5.32. The average Bonchev–Trinajstić information content (AvgIpc) is 2.08. The monoisotopic (exact) mass is 201 g/mol. The number of carboxylic acid groups (broad SMARTS) is 1. The van der Waals surface area contributed by atoms with Gasteiger partial charge in [-0.1, -0.05) is 0 Å². The van der Waals surface area contributed by atoms with Crippen LogP contribution in [-0.4, -0.2) is 35.4 Å². The molecular weight excluding hydrogens is 182 g/mol. The summed E-state index contributed by atoms with van der Waals surface area (Å²) in [6.45, 7) is 1.12. The molecule has 1 rings (SSSR count). The molecule has 1 saturated carbocycles. The molecular formula is C10H19NO3. The Bertz CT molecular complexity index is 184. The third-order valence-corrected chi connectivity index (χ3v) is 2.83.